The summed E-state index contributed by atoms with van der Waals surface area (Å²) in [5.74, 6) is -2.15. The van der Waals surface area contributed by atoms with Gasteiger partial charge in [0.25, 0.3) is 20.0 Å². The Bertz CT molecular complexity index is 3410. The Kier molecular flexibility index (Phi) is 13.7. The van der Waals surface area contributed by atoms with Crippen LogP contribution < -0.4 is 18.9 Å². The Hall–Kier alpha value is -7.86. The van der Waals surface area contributed by atoms with Crippen molar-refractivity contribution in [1.82, 2.24) is 29.5 Å². The fourth-order valence-corrected chi connectivity index (χ4v) is 10.9. The first kappa shape index (κ1) is 51.1. The quantitative estimate of drug-likeness (QED) is 0.0992. The fourth-order valence-electron chi connectivity index (χ4n) is 8.84. The first-order valence-electron chi connectivity index (χ1n) is 22.3. The fraction of sp³-hybridized carbons (Fsp3) is 0.200. The third-order valence-corrected chi connectivity index (χ3v) is 15.0. The van der Waals surface area contributed by atoms with E-state index in [1.165, 1.54) is 82.4 Å². The van der Waals surface area contributed by atoms with E-state index in [4.69, 9.17) is 9.47 Å². The molecule has 384 valence electrons. The van der Waals surface area contributed by atoms with Crippen LogP contribution in [-0.4, -0.2) is 59.6 Å². The van der Waals surface area contributed by atoms with E-state index in [-0.39, 0.29) is 46.5 Å². The molecule has 0 bridgehead atoms. The highest BCUT2D eigenvalue weighted by Gasteiger charge is 2.36. The lowest BCUT2D eigenvalue weighted by Crippen LogP contribution is -2.19. The smallest absolute Gasteiger partial charge is 0.416 e. The second-order valence-corrected chi connectivity index (χ2v) is 20.3. The highest BCUT2D eigenvalue weighted by Crippen LogP contribution is 2.46. The molecule has 74 heavy (non-hydrogen) atoms. The van der Waals surface area contributed by atoms with Crippen molar-refractivity contribution in [3.8, 4) is 34.0 Å². The van der Waals surface area contributed by atoms with Crippen LogP contribution in [0.3, 0.4) is 0 Å². The predicted octanol–water partition coefficient (Wildman–Crippen LogP) is 10.7. The predicted molar refractivity (Wildman–Crippen MR) is 254 cm³/mol. The van der Waals surface area contributed by atoms with Crippen molar-refractivity contribution < 1.29 is 61.4 Å². The summed E-state index contributed by atoms with van der Waals surface area (Å²) in [4.78, 5) is 6.77. The van der Waals surface area contributed by atoms with Gasteiger partial charge in [-0.3, -0.25) is 18.8 Å². The van der Waals surface area contributed by atoms with Gasteiger partial charge >= 0.3 is 12.4 Å². The number of rotatable bonds is 10. The van der Waals surface area contributed by atoms with Gasteiger partial charge in [-0.05, 0) is 96.8 Å². The van der Waals surface area contributed by atoms with E-state index in [9.17, 15) is 52.0 Å². The molecule has 2 aliphatic heterocycles. The van der Waals surface area contributed by atoms with Crippen LogP contribution in [0.15, 0.2) is 144 Å². The Labute approximate surface area is 417 Å². The van der Waals surface area contributed by atoms with Crippen LogP contribution in [0, 0.1) is 11.9 Å². The molecule has 24 heteroatoms. The molecule has 4 aromatic heterocycles. The van der Waals surface area contributed by atoms with E-state index in [0.717, 1.165) is 36.4 Å². The maximum absolute atomic E-state index is 13.5. The molecule has 0 saturated carbocycles. The molecule has 6 heterocycles. The van der Waals surface area contributed by atoms with Gasteiger partial charge in [0.05, 0.1) is 45.5 Å². The first-order chi connectivity index (χ1) is 35.1. The van der Waals surface area contributed by atoms with E-state index in [1.807, 2.05) is 0 Å². The van der Waals surface area contributed by atoms with Crippen molar-refractivity contribution in [1.29, 1.82) is 0 Å². The molecular weight excluding hydrogens is 1020 g/mol. The number of anilines is 2. The molecule has 0 aliphatic carbocycles. The monoisotopic (exact) mass is 1060 g/mol. The van der Waals surface area contributed by atoms with Crippen LogP contribution in [0.2, 0.25) is 0 Å². The van der Waals surface area contributed by atoms with Crippen LogP contribution in [0.4, 0.5) is 46.8 Å². The molecule has 14 nitrogen and oxygen atoms in total. The number of nitrogens with zero attached hydrogens (tertiary/aromatic N) is 6. The van der Waals surface area contributed by atoms with E-state index < -0.39 is 55.4 Å². The third kappa shape index (κ3) is 10.8. The molecule has 0 amide bonds. The molecular formula is C50H40F8N8O6S2. The van der Waals surface area contributed by atoms with Crippen molar-refractivity contribution in [3.05, 3.63) is 179 Å². The third-order valence-electron chi connectivity index (χ3n) is 12.3. The van der Waals surface area contributed by atoms with Crippen molar-refractivity contribution in [2.24, 2.45) is 14.1 Å². The number of nitrogens with one attached hydrogen (secondary N) is 2. The molecule has 0 fully saturated rings. The molecule has 4 aromatic carbocycles. The Morgan fingerprint density at radius 1 is 0.527 bits per heavy atom. The number of halogens is 8. The van der Waals surface area contributed by atoms with Gasteiger partial charge in [0.15, 0.2) is 0 Å². The van der Waals surface area contributed by atoms with Gasteiger partial charge in [0.1, 0.15) is 23.1 Å². The molecule has 0 spiro atoms. The summed E-state index contributed by atoms with van der Waals surface area (Å²) in [6.07, 6.45) is -5.08. The van der Waals surface area contributed by atoms with E-state index >= 15 is 0 Å². The highest BCUT2D eigenvalue weighted by molar-refractivity contribution is 7.93. The zero-order valence-electron chi connectivity index (χ0n) is 38.7. The second-order valence-electron chi connectivity index (χ2n) is 17.0. The maximum Gasteiger partial charge on any atom is 0.416 e. The summed E-state index contributed by atoms with van der Waals surface area (Å²) in [5, 5.41) is 8.20. The lowest BCUT2D eigenvalue weighted by molar-refractivity contribution is -0.138. The van der Waals surface area contributed by atoms with Crippen molar-refractivity contribution in [2.75, 3.05) is 22.7 Å². The van der Waals surface area contributed by atoms with Crippen LogP contribution in [0.25, 0.3) is 22.5 Å². The van der Waals surface area contributed by atoms with E-state index in [0.29, 0.717) is 69.1 Å². The second kappa shape index (κ2) is 19.9. The molecule has 2 N–H and O–H groups in total. The number of alkyl halides is 6. The number of benzene rings is 4. The Balaban J connectivity index is 0.000000182. The van der Waals surface area contributed by atoms with Crippen molar-refractivity contribution in [2.45, 2.75) is 46.8 Å². The summed E-state index contributed by atoms with van der Waals surface area (Å²) < 4.78 is 178. The molecule has 0 saturated heterocycles. The maximum atomic E-state index is 13.5. The number of aromatic nitrogens is 6. The minimum atomic E-state index is -4.52. The summed E-state index contributed by atoms with van der Waals surface area (Å²) in [5.41, 5.74) is 2.77. The van der Waals surface area contributed by atoms with Gasteiger partial charge < -0.3 is 9.47 Å². The molecule has 8 aromatic rings. The van der Waals surface area contributed by atoms with Crippen LogP contribution in [-0.2, 0) is 46.5 Å². The highest BCUT2D eigenvalue weighted by atomic mass is 32.2. The average Bonchev–Trinajstić information content (AvgIpc) is 3.99. The van der Waals surface area contributed by atoms with Crippen molar-refractivity contribution >= 4 is 31.7 Å². The molecule has 0 unspecified atom stereocenters. The number of sulfonamides is 2. The topological polar surface area (TPSA) is 172 Å². The van der Waals surface area contributed by atoms with E-state index in [1.54, 1.807) is 38.4 Å². The number of ether oxygens (including phenoxy) is 2. The standard InChI is InChI=1S/2C25H20F4N4O3S/c2*1-33-21(9-11-30-33)20-13-15(25(27,28)29)5-7-17(20)18-10-12-36-22-14-16(6-8-19(18)22)37(34,35)32-24-4-2-3-23(26)31-24/h2*2-9,11,13-14,18H,10,12H2,1H3,(H,31,32)/t2*18-/m10/s1. The summed E-state index contributed by atoms with van der Waals surface area (Å²) in [7, 11) is -4.93. The lowest BCUT2D eigenvalue weighted by atomic mass is 9.83. The number of pyridine rings is 2. The van der Waals surface area contributed by atoms with Gasteiger partial charge in [-0.1, -0.05) is 36.4 Å². The van der Waals surface area contributed by atoms with E-state index in [2.05, 4.69) is 29.6 Å². The van der Waals surface area contributed by atoms with Gasteiger partial charge in [-0.2, -0.15) is 45.3 Å². The minimum absolute atomic E-state index is 0.128. The summed E-state index contributed by atoms with van der Waals surface area (Å²) >= 11 is 0. The number of fused-ring (bicyclic) bond motifs is 2. The van der Waals surface area contributed by atoms with Crippen LogP contribution in [0.5, 0.6) is 11.5 Å². The van der Waals surface area contributed by atoms with Gasteiger partial charge in [0, 0.05) is 72.7 Å². The van der Waals surface area contributed by atoms with Crippen molar-refractivity contribution in [3.63, 3.8) is 0 Å². The van der Waals surface area contributed by atoms with Gasteiger partial charge in [-0.15, -0.1) is 0 Å². The SMILES string of the molecule is Cn1nccc1-c1cc(C(F)(F)F)ccc1[C@@H]1CCOc2cc(S(=O)(=O)Nc3cccc(F)n3)ccc21.Cn1nccc1-c1cc(C(F)(F)F)ccc1[C@H]1CCOc2cc(S(=O)(=O)Nc3cccc(F)n3)ccc21. The van der Waals surface area contributed by atoms with Gasteiger partial charge in [-0.25, -0.2) is 26.8 Å². The Morgan fingerprint density at radius 3 is 1.27 bits per heavy atom. The molecule has 10 rings (SSSR count). The van der Waals surface area contributed by atoms with Crippen LogP contribution >= 0.6 is 0 Å². The average molecular weight is 1070 g/mol. The molecule has 0 radical (unpaired) electrons. The first-order valence-corrected chi connectivity index (χ1v) is 25.3. The Morgan fingerprint density at radius 2 is 0.919 bits per heavy atom. The molecule has 2 aliphatic rings. The largest absolute Gasteiger partial charge is 0.493 e. The summed E-state index contributed by atoms with van der Waals surface area (Å²) in [6, 6.07) is 26.5. The lowest BCUT2D eigenvalue weighted by Gasteiger charge is -2.28. The molecule has 2 atom stereocenters. The zero-order chi connectivity index (χ0) is 52.7. The number of aryl methyl sites for hydroxylation is 2. The minimum Gasteiger partial charge on any atom is -0.493 e. The summed E-state index contributed by atoms with van der Waals surface area (Å²) in [6.45, 7) is 0.456. The number of hydrogen-bond acceptors (Lipinski definition) is 10. The zero-order valence-corrected chi connectivity index (χ0v) is 40.3. The van der Waals surface area contributed by atoms with Gasteiger partial charge in [0.2, 0.25) is 11.9 Å². The normalized spacial score (nSPS) is 15.6. The number of hydrogen-bond donors (Lipinski definition) is 2. The van der Waals surface area contributed by atoms with Crippen LogP contribution in [0.1, 0.15) is 58.1 Å².